The summed E-state index contributed by atoms with van der Waals surface area (Å²) >= 11 is 18.0. The van der Waals surface area contributed by atoms with Crippen LogP contribution < -0.4 is 5.32 Å². The van der Waals surface area contributed by atoms with Gasteiger partial charge in [-0.25, -0.2) is 9.97 Å². The molecule has 0 unspecified atom stereocenters. The van der Waals surface area contributed by atoms with Gasteiger partial charge in [0.2, 0.25) is 0 Å². The molecule has 0 aliphatic rings. The van der Waals surface area contributed by atoms with E-state index in [0.29, 0.717) is 21.0 Å². The molecule has 6 heteroatoms. The van der Waals surface area contributed by atoms with Crippen LogP contribution in [0.25, 0.3) is 0 Å². The summed E-state index contributed by atoms with van der Waals surface area (Å²) in [5.74, 6) is 0.695. The monoisotopic (exact) mass is 315 g/mol. The van der Waals surface area contributed by atoms with Crippen molar-refractivity contribution < 1.29 is 0 Å². The Morgan fingerprint density at radius 1 is 1.11 bits per heavy atom. The molecule has 0 radical (unpaired) electrons. The fourth-order valence-corrected chi connectivity index (χ4v) is 2.21. The smallest absolute Gasteiger partial charge is 0.138 e. The Morgan fingerprint density at radius 3 is 2.58 bits per heavy atom. The molecule has 3 nitrogen and oxygen atoms in total. The molecule has 19 heavy (non-hydrogen) atoms. The molecule has 2 aromatic rings. The highest BCUT2D eigenvalue weighted by Crippen LogP contribution is 2.29. The standard InChI is InChI=1S/C13H12Cl3N3/c1-2-3-9-12(16)17-7-18-13(9)19-8-4-5-10(14)11(15)6-8/h4-7H,2-3H2,1H3,(H,17,18,19). The van der Waals surface area contributed by atoms with Gasteiger partial charge < -0.3 is 5.32 Å². The van der Waals surface area contributed by atoms with Crippen molar-refractivity contribution in [1.29, 1.82) is 0 Å². The molecule has 100 valence electrons. The number of halogens is 3. The lowest BCUT2D eigenvalue weighted by atomic mass is 10.2. The van der Waals surface area contributed by atoms with Crippen LogP contribution in [0, 0.1) is 0 Å². The van der Waals surface area contributed by atoms with Crippen LogP contribution in [-0.4, -0.2) is 9.97 Å². The SMILES string of the molecule is CCCc1c(Cl)ncnc1Nc1ccc(Cl)c(Cl)c1. The summed E-state index contributed by atoms with van der Waals surface area (Å²) in [6.07, 6.45) is 3.20. The van der Waals surface area contributed by atoms with Crippen LogP contribution in [0.5, 0.6) is 0 Å². The predicted octanol–water partition coefficient (Wildman–Crippen LogP) is 5.13. The van der Waals surface area contributed by atoms with E-state index in [9.17, 15) is 0 Å². The lowest BCUT2D eigenvalue weighted by Crippen LogP contribution is -2.01. The van der Waals surface area contributed by atoms with Gasteiger partial charge in [-0.15, -0.1) is 0 Å². The minimum Gasteiger partial charge on any atom is -0.340 e. The van der Waals surface area contributed by atoms with E-state index in [1.54, 1.807) is 12.1 Å². The number of hydrogen-bond donors (Lipinski definition) is 1. The van der Waals surface area contributed by atoms with E-state index in [-0.39, 0.29) is 0 Å². The lowest BCUT2D eigenvalue weighted by molar-refractivity contribution is 0.904. The predicted molar refractivity (Wildman–Crippen MR) is 80.8 cm³/mol. The zero-order valence-corrected chi connectivity index (χ0v) is 12.5. The zero-order valence-electron chi connectivity index (χ0n) is 10.3. The molecule has 1 aromatic carbocycles. The topological polar surface area (TPSA) is 37.8 Å². The van der Waals surface area contributed by atoms with Gasteiger partial charge in [-0.3, -0.25) is 0 Å². The molecule has 0 atom stereocenters. The van der Waals surface area contributed by atoms with Crippen LogP contribution in [0.2, 0.25) is 15.2 Å². The first kappa shape index (κ1) is 14.4. The van der Waals surface area contributed by atoms with Crippen LogP contribution in [0.3, 0.4) is 0 Å². The molecule has 1 N–H and O–H groups in total. The molecule has 0 spiro atoms. The van der Waals surface area contributed by atoms with E-state index >= 15 is 0 Å². The highest BCUT2D eigenvalue weighted by atomic mass is 35.5. The maximum Gasteiger partial charge on any atom is 0.138 e. The van der Waals surface area contributed by atoms with Gasteiger partial charge in [0.15, 0.2) is 0 Å². The summed E-state index contributed by atoms with van der Waals surface area (Å²) in [5.41, 5.74) is 1.71. The van der Waals surface area contributed by atoms with E-state index in [1.807, 2.05) is 6.07 Å². The third-order valence-corrected chi connectivity index (χ3v) is 3.64. The minimum absolute atomic E-state index is 0.472. The number of nitrogens with one attached hydrogen (secondary N) is 1. The van der Waals surface area contributed by atoms with Gasteiger partial charge >= 0.3 is 0 Å². The Labute approximate surface area is 126 Å². The van der Waals surface area contributed by atoms with Crippen molar-refractivity contribution in [1.82, 2.24) is 9.97 Å². The molecule has 0 saturated carbocycles. The molecule has 2 rings (SSSR count). The second kappa shape index (κ2) is 6.42. The van der Waals surface area contributed by atoms with Crippen molar-refractivity contribution in [3.8, 4) is 0 Å². The molecule has 0 fully saturated rings. The molecule has 0 amide bonds. The van der Waals surface area contributed by atoms with Crippen LogP contribution in [0.1, 0.15) is 18.9 Å². The fraction of sp³-hybridized carbons (Fsp3) is 0.231. The summed E-state index contributed by atoms with van der Waals surface area (Å²) in [6.45, 7) is 2.08. The number of rotatable bonds is 4. The normalized spacial score (nSPS) is 10.5. The summed E-state index contributed by atoms with van der Waals surface area (Å²) in [5, 5.41) is 4.66. The Balaban J connectivity index is 2.32. The van der Waals surface area contributed by atoms with Crippen LogP contribution in [0.15, 0.2) is 24.5 Å². The van der Waals surface area contributed by atoms with Crippen LogP contribution >= 0.6 is 34.8 Å². The largest absolute Gasteiger partial charge is 0.340 e. The van der Waals surface area contributed by atoms with Crippen LogP contribution in [0.4, 0.5) is 11.5 Å². The Morgan fingerprint density at radius 2 is 1.89 bits per heavy atom. The first-order chi connectivity index (χ1) is 9.11. The summed E-state index contributed by atoms with van der Waals surface area (Å²) in [7, 11) is 0. The third kappa shape index (κ3) is 3.50. The molecule has 1 aromatic heterocycles. The summed E-state index contributed by atoms with van der Waals surface area (Å²) < 4.78 is 0. The van der Waals surface area contributed by atoms with Gasteiger partial charge in [-0.1, -0.05) is 48.1 Å². The molecule has 0 saturated heterocycles. The van der Waals surface area contributed by atoms with Crippen molar-refractivity contribution in [2.24, 2.45) is 0 Å². The van der Waals surface area contributed by atoms with Crippen molar-refractivity contribution in [2.75, 3.05) is 5.32 Å². The summed E-state index contributed by atoms with van der Waals surface area (Å²) in [4.78, 5) is 8.22. The average molecular weight is 317 g/mol. The zero-order chi connectivity index (χ0) is 13.8. The summed E-state index contributed by atoms with van der Waals surface area (Å²) in [6, 6.07) is 5.31. The van der Waals surface area contributed by atoms with Gasteiger partial charge in [-0.2, -0.15) is 0 Å². The van der Waals surface area contributed by atoms with E-state index < -0.39 is 0 Å². The van der Waals surface area contributed by atoms with Crippen LogP contribution in [-0.2, 0) is 6.42 Å². The third-order valence-electron chi connectivity index (χ3n) is 2.58. The second-order valence-corrected chi connectivity index (χ2v) is 5.17. The van der Waals surface area contributed by atoms with Gasteiger partial charge in [-0.05, 0) is 24.6 Å². The maximum atomic E-state index is 6.09. The van der Waals surface area contributed by atoms with Crippen molar-refractivity contribution in [3.63, 3.8) is 0 Å². The average Bonchev–Trinajstić information content (AvgIpc) is 2.38. The van der Waals surface area contributed by atoms with Gasteiger partial charge in [0, 0.05) is 11.3 Å². The first-order valence-corrected chi connectivity index (χ1v) is 6.96. The quantitative estimate of drug-likeness (QED) is 0.794. The van der Waals surface area contributed by atoms with Crippen molar-refractivity contribution in [3.05, 3.63) is 45.3 Å². The van der Waals surface area contributed by atoms with E-state index in [0.717, 1.165) is 24.1 Å². The number of benzene rings is 1. The number of anilines is 2. The number of hydrogen-bond acceptors (Lipinski definition) is 3. The van der Waals surface area contributed by atoms with E-state index in [2.05, 4.69) is 22.2 Å². The first-order valence-electron chi connectivity index (χ1n) is 5.83. The van der Waals surface area contributed by atoms with E-state index in [4.69, 9.17) is 34.8 Å². The molecular formula is C13H12Cl3N3. The lowest BCUT2D eigenvalue weighted by Gasteiger charge is -2.11. The highest BCUT2D eigenvalue weighted by molar-refractivity contribution is 6.42. The molecule has 1 heterocycles. The van der Waals surface area contributed by atoms with Crippen molar-refractivity contribution >= 4 is 46.3 Å². The highest BCUT2D eigenvalue weighted by Gasteiger charge is 2.09. The van der Waals surface area contributed by atoms with E-state index in [1.165, 1.54) is 6.33 Å². The van der Waals surface area contributed by atoms with Gasteiger partial charge in [0.05, 0.1) is 10.0 Å². The molecule has 0 bridgehead atoms. The van der Waals surface area contributed by atoms with Gasteiger partial charge in [0.1, 0.15) is 17.3 Å². The molecular weight excluding hydrogens is 305 g/mol. The number of aromatic nitrogens is 2. The Bertz CT molecular complexity index is 587. The Kier molecular flexibility index (Phi) is 4.86. The van der Waals surface area contributed by atoms with Crippen molar-refractivity contribution in [2.45, 2.75) is 19.8 Å². The van der Waals surface area contributed by atoms with Gasteiger partial charge in [0.25, 0.3) is 0 Å². The molecule has 0 aliphatic heterocycles. The maximum absolute atomic E-state index is 6.09. The Hall–Kier alpha value is -1.03. The molecule has 0 aliphatic carbocycles. The minimum atomic E-state index is 0.472. The number of nitrogens with zero attached hydrogens (tertiary/aromatic N) is 2. The second-order valence-electron chi connectivity index (χ2n) is 4.00. The fourth-order valence-electron chi connectivity index (χ4n) is 1.68.